The lowest BCUT2D eigenvalue weighted by Crippen LogP contribution is -2.18. The number of aryl methyl sites for hydroxylation is 1. The van der Waals surface area contributed by atoms with Gasteiger partial charge in [-0.05, 0) is 31.7 Å². The molecule has 1 aromatic carbocycles. The van der Waals surface area contributed by atoms with Crippen LogP contribution in [0.25, 0.3) is 0 Å². The third-order valence-corrected chi connectivity index (χ3v) is 3.15. The van der Waals surface area contributed by atoms with Gasteiger partial charge in [-0.25, -0.2) is 0 Å². The van der Waals surface area contributed by atoms with Gasteiger partial charge in [0.25, 0.3) is 0 Å². The molecule has 1 atom stereocenters. The quantitative estimate of drug-likeness (QED) is 0.933. The van der Waals surface area contributed by atoms with Crippen LogP contribution in [0.15, 0.2) is 36.7 Å². The third kappa shape index (κ3) is 3.01. The zero-order valence-electron chi connectivity index (χ0n) is 11.3. The average Bonchev–Trinajstić information content (AvgIpc) is 2.88. The predicted octanol–water partition coefficient (Wildman–Crippen LogP) is 3.23. The van der Waals surface area contributed by atoms with Gasteiger partial charge in [0.05, 0.1) is 17.8 Å². The van der Waals surface area contributed by atoms with Crippen LogP contribution < -0.4 is 5.32 Å². The Bertz CT molecular complexity index is 575. The molecule has 0 aliphatic rings. The van der Waals surface area contributed by atoms with Crippen molar-refractivity contribution in [1.29, 1.82) is 0 Å². The molecular formula is C14H16F3N3. The van der Waals surface area contributed by atoms with Gasteiger partial charge in [-0.2, -0.15) is 18.3 Å². The van der Waals surface area contributed by atoms with E-state index in [4.69, 9.17) is 0 Å². The lowest BCUT2D eigenvalue weighted by molar-refractivity contribution is -0.137. The molecule has 0 fully saturated rings. The molecule has 0 saturated heterocycles. The molecule has 0 bridgehead atoms. The SMILES string of the molecule is CCn1cc(C(NC)c2cccc(C(F)(F)F)c2)cn1. The first-order valence-corrected chi connectivity index (χ1v) is 6.32. The summed E-state index contributed by atoms with van der Waals surface area (Å²) in [6.45, 7) is 2.68. The van der Waals surface area contributed by atoms with Crippen molar-refractivity contribution < 1.29 is 13.2 Å². The second kappa shape index (κ2) is 5.66. The van der Waals surface area contributed by atoms with Crippen molar-refractivity contribution in [2.75, 3.05) is 7.05 Å². The smallest absolute Gasteiger partial charge is 0.309 e. The summed E-state index contributed by atoms with van der Waals surface area (Å²) in [6.07, 6.45) is -0.825. The van der Waals surface area contributed by atoms with Crippen LogP contribution in [0, 0.1) is 0 Å². The molecule has 3 nitrogen and oxygen atoms in total. The van der Waals surface area contributed by atoms with Crippen LogP contribution in [0.1, 0.15) is 29.7 Å². The summed E-state index contributed by atoms with van der Waals surface area (Å²) in [6, 6.07) is 5.04. The van der Waals surface area contributed by atoms with Gasteiger partial charge >= 0.3 is 6.18 Å². The van der Waals surface area contributed by atoms with E-state index >= 15 is 0 Å². The molecule has 1 unspecified atom stereocenters. The second-order valence-electron chi connectivity index (χ2n) is 4.47. The summed E-state index contributed by atoms with van der Waals surface area (Å²) in [5.74, 6) is 0. The van der Waals surface area contributed by atoms with Gasteiger partial charge in [0.1, 0.15) is 0 Å². The average molecular weight is 283 g/mol. The molecule has 0 radical (unpaired) electrons. The molecule has 0 saturated carbocycles. The fraction of sp³-hybridized carbons (Fsp3) is 0.357. The van der Waals surface area contributed by atoms with Crippen LogP contribution in [0.4, 0.5) is 13.2 Å². The minimum absolute atomic E-state index is 0.308. The largest absolute Gasteiger partial charge is 0.416 e. The second-order valence-corrected chi connectivity index (χ2v) is 4.47. The minimum Gasteiger partial charge on any atom is -0.309 e. The molecular weight excluding hydrogens is 267 g/mol. The van der Waals surface area contributed by atoms with E-state index in [9.17, 15) is 13.2 Å². The molecule has 0 aliphatic carbocycles. The van der Waals surface area contributed by atoms with Crippen molar-refractivity contribution in [3.63, 3.8) is 0 Å². The number of hydrogen-bond acceptors (Lipinski definition) is 2. The first-order chi connectivity index (χ1) is 9.45. The van der Waals surface area contributed by atoms with Gasteiger partial charge < -0.3 is 5.32 Å². The third-order valence-electron chi connectivity index (χ3n) is 3.15. The first-order valence-electron chi connectivity index (χ1n) is 6.32. The highest BCUT2D eigenvalue weighted by Gasteiger charge is 2.31. The Hall–Kier alpha value is -1.82. The van der Waals surface area contributed by atoms with Crippen molar-refractivity contribution in [1.82, 2.24) is 15.1 Å². The van der Waals surface area contributed by atoms with E-state index in [0.29, 0.717) is 5.56 Å². The van der Waals surface area contributed by atoms with E-state index < -0.39 is 11.7 Å². The summed E-state index contributed by atoms with van der Waals surface area (Å²) >= 11 is 0. The van der Waals surface area contributed by atoms with Crippen LogP contribution in [0.5, 0.6) is 0 Å². The standard InChI is InChI=1S/C14H16F3N3/c1-3-20-9-11(8-19-20)13(18-2)10-5-4-6-12(7-10)14(15,16)17/h4-9,13,18H,3H2,1-2H3. The highest BCUT2D eigenvalue weighted by molar-refractivity contribution is 5.33. The van der Waals surface area contributed by atoms with Crippen LogP contribution in [0.3, 0.4) is 0 Å². The number of aromatic nitrogens is 2. The van der Waals surface area contributed by atoms with Crippen LogP contribution >= 0.6 is 0 Å². The molecule has 108 valence electrons. The van der Waals surface area contributed by atoms with E-state index in [1.807, 2.05) is 13.1 Å². The summed E-state index contributed by atoms with van der Waals surface area (Å²) in [7, 11) is 1.72. The van der Waals surface area contributed by atoms with Gasteiger partial charge in [0, 0.05) is 18.3 Å². The molecule has 1 aromatic heterocycles. The maximum absolute atomic E-state index is 12.8. The molecule has 0 spiro atoms. The molecule has 20 heavy (non-hydrogen) atoms. The van der Waals surface area contributed by atoms with Crippen LogP contribution in [-0.4, -0.2) is 16.8 Å². The fourth-order valence-corrected chi connectivity index (χ4v) is 2.12. The summed E-state index contributed by atoms with van der Waals surface area (Å²) in [5, 5.41) is 7.18. The molecule has 2 aromatic rings. The van der Waals surface area contributed by atoms with Gasteiger partial charge in [-0.1, -0.05) is 12.1 Å². The number of benzene rings is 1. The number of hydrogen-bond donors (Lipinski definition) is 1. The highest BCUT2D eigenvalue weighted by Crippen LogP contribution is 2.31. The minimum atomic E-state index is -4.33. The number of rotatable bonds is 4. The summed E-state index contributed by atoms with van der Waals surface area (Å²) in [5.41, 5.74) is 0.768. The van der Waals surface area contributed by atoms with Crippen molar-refractivity contribution in [3.05, 3.63) is 53.3 Å². The summed E-state index contributed by atoms with van der Waals surface area (Å²) in [4.78, 5) is 0. The van der Waals surface area contributed by atoms with Crippen LogP contribution in [-0.2, 0) is 12.7 Å². The number of alkyl halides is 3. The summed E-state index contributed by atoms with van der Waals surface area (Å²) < 4.78 is 40.0. The zero-order valence-corrected chi connectivity index (χ0v) is 11.3. The number of nitrogens with one attached hydrogen (secondary N) is 1. The van der Waals surface area contributed by atoms with Crippen molar-refractivity contribution in [3.8, 4) is 0 Å². The van der Waals surface area contributed by atoms with Crippen LogP contribution in [0.2, 0.25) is 0 Å². The topological polar surface area (TPSA) is 29.9 Å². The molecule has 1 heterocycles. The predicted molar refractivity (Wildman–Crippen MR) is 70.2 cm³/mol. The normalized spacial score (nSPS) is 13.4. The number of nitrogens with zero attached hydrogens (tertiary/aromatic N) is 2. The van der Waals surface area contributed by atoms with Crippen molar-refractivity contribution >= 4 is 0 Å². The van der Waals surface area contributed by atoms with E-state index in [1.54, 1.807) is 24.0 Å². The van der Waals surface area contributed by atoms with Gasteiger partial charge in [-0.3, -0.25) is 4.68 Å². The Labute approximate surface area is 115 Å². The molecule has 0 amide bonds. The Morgan fingerprint density at radius 3 is 2.60 bits per heavy atom. The van der Waals surface area contributed by atoms with Crippen molar-refractivity contribution in [2.24, 2.45) is 0 Å². The van der Waals surface area contributed by atoms with Gasteiger partial charge in [0.2, 0.25) is 0 Å². The molecule has 6 heteroatoms. The Morgan fingerprint density at radius 1 is 1.30 bits per heavy atom. The van der Waals surface area contributed by atoms with E-state index in [-0.39, 0.29) is 6.04 Å². The molecule has 2 rings (SSSR count). The Balaban J connectivity index is 2.37. The Kier molecular flexibility index (Phi) is 4.13. The Morgan fingerprint density at radius 2 is 2.05 bits per heavy atom. The highest BCUT2D eigenvalue weighted by atomic mass is 19.4. The lowest BCUT2D eigenvalue weighted by atomic mass is 9.99. The van der Waals surface area contributed by atoms with E-state index in [1.165, 1.54) is 12.1 Å². The van der Waals surface area contributed by atoms with E-state index in [2.05, 4.69) is 10.4 Å². The fourth-order valence-electron chi connectivity index (χ4n) is 2.12. The first kappa shape index (κ1) is 14.6. The maximum atomic E-state index is 12.8. The van der Waals surface area contributed by atoms with Gasteiger partial charge in [0.15, 0.2) is 0 Å². The maximum Gasteiger partial charge on any atom is 0.416 e. The number of halogens is 3. The van der Waals surface area contributed by atoms with E-state index in [0.717, 1.165) is 18.2 Å². The monoisotopic (exact) mass is 283 g/mol. The lowest BCUT2D eigenvalue weighted by Gasteiger charge is -2.17. The van der Waals surface area contributed by atoms with Crippen molar-refractivity contribution in [2.45, 2.75) is 25.7 Å². The van der Waals surface area contributed by atoms with Gasteiger partial charge in [-0.15, -0.1) is 0 Å². The molecule has 0 aliphatic heterocycles. The molecule has 1 N–H and O–H groups in total. The zero-order chi connectivity index (χ0) is 14.8.